The Morgan fingerprint density at radius 1 is 1.42 bits per heavy atom. The number of likely N-dealkylation sites (tertiary alicyclic amines) is 1. The zero-order chi connectivity index (χ0) is 14.3. The Labute approximate surface area is 107 Å². The molecule has 1 aromatic heterocycles. The number of aromatic nitrogens is 2. The number of carbonyl (C=O) groups excluding carboxylic acids is 1. The summed E-state index contributed by atoms with van der Waals surface area (Å²) in [6.45, 7) is 0.745. The molecule has 2 rings (SSSR count). The molecular weight excluding hydrogens is 263 g/mol. The van der Waals surface area contributed by atoms with Crippen molar-refractivity contribution in [1.29, 1.82) is 0 Å². The molecular formula is C11H12F3N3O2. The van der Waals surface area contributed by atoms with Crippen LogP contribution >= 0.6 is 0 Å². The van der Waals surface area contributed by atoms with E-state index in [1.54, 1.807) is 6.92 Å². The monoisotopic (exact) mass is 275 g/mol. The van der Waals surface area contributed by atoms with E-state index in [-0.39, 0.29) is 12.2 Å². The zero-order valence-electron chi connectivity index (χ0n) is 10.1. The molecule has 5 nitrogen and oxygen atoms in total. The van der Waals surface area contributed by atoms with Gasteiger partial charge >= 0.3 is 6.18 Å². The average molecular weight is 275 g/mol. The molecule has 1 fully saturated rings. The predicted molar refractivity (Wildman–Crippen MR) is 58.3 cm³/mol. The number of aliphatic hydroxyl groups is 1. The summed E-state index contributed by atoms with van der Waals surface area (Å²) >= 11 is 0. The molecule has 1 N–H and O–H groups in total. The SMILES string of the molecule is Cc1cnc(C(=O)N2CCC(O)(C(F)(F)F)C2)cn1. The van der Waals surface area contributed by atoms with Crippen molar-refractivity contribution in [3.8, 4) is 0 Å². The van der Waals surface area contributed by atoms with Crippen LogP contribution in [0.15, 0.2) is 12.4 Å². The standard InChI is InChI=1S/C11H12F3N3O2/c1-7-4-16-8(5-15-7)9(18)17-3-2-10(19,6-17)11(12,13)14/h4-5,19H,2-3,6H2,1H3. The van der Waals surface area contributed by atoms with E-state index < -0.39 is 30.7 Å². The Morgan fingerprint density at radius 2 is 2.11 bits per heavy atom. The molecule has 1 aromatic rings. The maximum Gasteiger partial charge on any atom is 0.419 e. The molecule has 0 bridgehead atoms. The molecule has 1 aliphatic rings. The molecule has 2 heterocycles. The summed E-state index contributed by atoms with van der Waals surface area (Å²) in [6, 6.07) is 0. The number of halogens is 3. The first-order valence-electron chi connectivity index (χ1n) is 5.60. The number of β-amino-alcohol motifs (C(OH)–C–C–N with tert-alkyl or cyclic N) is 1. The van der Waals surface area contributed by atoms with Crippen molar-refractivity contribution in [2.24, 2.45) is 0 Å². The summed E-state index contributed by atoms with van der Waals surface area (Å²) in [4.78, 5) is 20.5. The van der Waals surface area contributed by atoms with Gasteiger partial charge in [-0.05, 0) is 6.92 Å². The molecule has 8 heteroatoms. The first-order chi connectivity index (χ1) is 8.73. The number of nitrogens with zero attached hydrogens (tertiary/aromatic N) is 3. The van der Waals surface area contributed by atoms with Crippen LogP contribution in [0.1, 0.15) is 22.6 Å². The van der Waals surface area contributed by atoms with Crippen LogP contribution in [0.3, 0.4) is 0 Å². The highest BCUT2D eigenvalue weighted by Gasteiger charge is 2.57. The van der Waals surface area contributed by atoms with Crippen molar-refractivity contribution in [3.05, 3.63) is 23.8 Å². The summed E-state index contributed by atoms with van der Waals surface area (Å²) < 4.78 is 37.9. The third kappa shape index (κ3) is 2.53. The molecule has 1 unspecified atom stereocenters. The van der Waals surface area contributed by atoms with Crippen LogP contribution in [0.2, 0.25) is 0 Å². The fourth-order valence-electron chi connectivity index (χ4n) is 1.86. The average Bonchev–Trinajstić information content (AvgIpc) is 2.73. The van der Waals surface area contributed by atoms with E-state index in [4.69, 9.17) is 0 Å². The van der Waals surface area contributed by atoms with E-state index in [0.717, 1.165) is 4.90 Å². The fourth-order valence-corrected chi connectivity index (χ4v) is 1.86. The van der Waals surface area contributed by atoms with Gasteiger partial charge < -0.3 is 10.0 Å². The van der Waals surface area contributed by atoms with Crippen LogP contribution in [0.25, 0.3) is 0 Å². The molecule has 1 aliphatic heterocycles. The van der Waals surface area contributed by atoms with Gasteiger partial charge in [-0.3, -0.25) is 9.78 Å². The molecule has 0 spiro atoms. The Balaban J connectivity index is 2.13. The van der Waals surface area contributed by atoms with E-state index in [2.05, 4.69) is 9.97 Å². The summed E-state index contributed by atoms with van der Waals surface area (Å²) in [7, 11) is 0. The first kappa shape index (κ1) is 13.7. The summed E-state index contributed by atoms with van der Waals surface area (Å²) in [5, 5.41) is 9.48. The number of carbonyl (C=O) groups is 1. The highest BCUT2D eigenvalue weighted by molar-refractivity contribution is 5.92. The number of amides is 1. The van der Waals surface area contributed by atoms with Crippen molar-refractivity contribution in [2.75, 3.05) is 13.1 Å². The fraction of sp³-hybridized carbons (Fsp3) is 0.545. The van der Waals surface area contributed by atoms with Crippen molar-refractivity contribution >= 4 is 5.91 Å². The Hall–Kier alpha value is -1.70. The van der Waals surface area contributed by atoms with Crippen molar-refractivity contribution < 1.29 is 23.1 Å². The van der Waals surface area contributed by atoms with Crippen LogP contribution in [0.5, 0.6) is 0 Å². The van der Waals surface area contributed by atoms with Crippen LogP contribution < -0.4 is 0 Å². The van der Waals surface area contributed by atoms with E-state index in [0.29, 0.717) is 5.69 Å². The van der Waals surface area contributed by atoms with Gasteiger partial charge in [0.1, 0.15) is 5.69 Å². The number of hydrogen-bond donors (Lipinski definition) is 1. The number of hydrogen-bond acceptors (Lipinski definition) is 4. The van der Waals surface area contributed by atoms with E-state index >= 15 is 0 Å². The van der Waals surface area contributed by atoms with Gasteiger partial charge in [0, 0.05) is 19.2 Å². The molecule has 1 amide bonds. The topological polar surface area (TPSA) is 66.3 Å². The van der Waals surface area contributed by atoms with Gasteiger partial charge in [-0.25, -0.2) is 4.98 Å². The molecule has 19 heavy (non-hydrogen) atoms. The van der Waals surface area contributed by atoms with Crippen LogP contribution in [0.4, 0.5) is 13.2 Å². The van der Waals surface area contributed by atoms with E-state index in [9.17, 15) is 23.1 Å². The molecule has 1 saturated heterocycles. The lowest BCUT2D eigenvalue weighted by Gasteiger charge is -2.25. The molecule has 104 valence electrons. The van der Waals surface area contributed by atoms with Gasteiger partial charge in [-0.1, -0.05) is 0 Å². The quantitative estimate of drug-likeness (QED) is 0.827. The first-order valence-corrected chi connectivity index (χ1v) is 5.60. The lowest BCUT2D eigenvalue weighted by atomic mass is 10.0. The lowest BCUT2D eigenvalue weighted by Crippen LogP contribution is -2.48. The maximum absolute atomic E-state index is 12.6. The van der Waals surface area contributed by atoms with Gasteiger partial charge in [-0.15, -0.1) is 0 Å². The van der Waals surface area contributed by atoms with E-state index in [1.165, 1.54) is 12.4 Å². The summed E-state index contributed by atoms with van der Waals surface area (Å²) in [5.74, 6) is -0.660. The van der Waals surface area contributed by atoms with Gasteiger partial charge in [0.15, 0.2) is 5.60 Å². The Kier molecular flexibility index (Phi) is 3.21. The highest BCUT2D eigenvalue weighted by atomic mass is 19.4. The summed E-state index contributed by atoms with van der Waals surface area (Å²) in [6.07, 6.45) is -2.70. The summed E-state index contributed by atoms with van der Waals surface area (Å²) in [5.41, 5.74) is -2.26. The highest BCUT2D eigenvalue weighted by Crippen LogP contribution is 2.37. The van der Waals surface area contributed by atoms with Gasteiger partial charge in [0.05, 0.1) is 18.4 Å². The number of aryl methyl sites for hydroxylation is 1. The smallest absolute Gasteiger partial charge is 0.379 e. The third-order valence-electron chi connectivity index (χ3n) is 3.06. The minimum absolute atomic E-state index is 0.0305. The molecule has 0 aromatic carbocycles. The second-order valence-corrected chi connectivity index (χ2v) is 4.55. The van der Waals surface area contributed by atoms with Gasteiger partial charge in [0.2, 0.25) is 0 Å². The lowest BCUT2D eigenvalue weighted by molar-refractivity contribution is -0.253. The van der Waals surface area contributed by atoms with Crippen LogP contribution in [0, 0.1) is 6.92 Å². The van der Waals surface area contributed by atoms with Gasteiger partial charge in [-0.2, -0.15) is 13.2 Å². The zero-order valence-corrected chi connectivity index (χ0v) is 10.1. The normalized spacial score (nSPS) is 23.7. The largest absolute Gasteiger partial charge is 0.419 e. The molecule has 0 aliphatic carbocycles. The third-order valence-corrected chi connectivity index (χ3v) is 3.06. The Morgan fingerprint density at radius 3 is 2.58 bits per heavy atom. The van der Waals surface area contributed by atoms with Gasteiger partial charge in [0.25, 0.3) is 5.91 Å². The van der Waals surface area contributed by atoms with E-state index in [1.807, 2.05) is 0 Å². The maximum atomic E-state index is 12.6. The van der Waals surface area contributed by atoms with Crippen molar-refractivity contribution in [2.45, 2.75) is 25.1 Å². The molecule has 0 saturated carbocycles. The predicted octanol–water partition coefficient (Wildman–Crippen LogP) is 0.924. The minimum Gasteiger partial charge on any atom is -0.379 e. The second-order valence-electron chi connectivity index (χ2n) is 4.55. The molecule has 0 radical (unpaired) electrons. The van der Waals surface area contributed by atoms with Crippen LogP contribution in [-0.4, -0.2) is 50.7 Å². The minimum atomic E-state index is -4.75. The second kappa shape index (κ2) is 4.44. The van der Waals surface area contributed by atoms with Crippen molar-refractivity contribution in [3.63, 3.8) is 0 Å². The number of alkyl halides is 3. The number of rotatable bonds is 1. The Bertz CT molecular complexity index is 489. The van der Waals surface area contributed by atoms with Crippen LogP contribution in [-0.2, 0) is 0 Å². The molecule has 1 atom stereocenters. The van der Waals surface area contributed by atoms with Crippen molar-refractivity contribution in [1.82, 2.24) is 14.9 Å².